The maximum atomic E-state index is 12.5. The highest BCUT2D eigenvalue weighted by molar-refractivity contribution is 5.45. The first kappa shape index (κ1) is 16.2. The molecule has 0 atom stereocenters. The van der Waals surface area contributed by atoms with Gasteiger partial charge < -0.3 is 15.2 Å². The molecular weight excluding hydrogens is 292 g/mol. The maximum Gasteiger partial charge on any atom is 0.387 e. The molecule has 0 saturated carbocycles. The zero-order chi connectivity index (χ0) is 16.1. The number of aliphatic hydroxyl groups is 1. The zero-order valence-corrected chi connectivity index (χ0v) is 12.5. The molecule has 0 fully saturated rings. The van der Waals surface area contributed by atoms with Gasteiger partial charge in [0.25, 0.3) is 0 Å². The van der Waals surface area contributed by atoms with Gasteiger partial charge in [0, 0.05) is 18.3 Å². The smallest absolute Gasteiger partial charge is 0.387 e. The number of hydrogen-bond acceptors (Lipinski definition) is 4. The van der Waals surface area contributed by atoms with Gasteiger partial charge in [0.05, 0.1) is 25.0 Å². The van der Waals surface area contributed by atoms with E-state index in [0.717, 1.165) is 16.8 Å². The molecule has 0 amide bonds. The van der Waals surface area contributed by atoms with Gasteiger partial charge in [-0.05, 0) is 31.0 Å². The van der Waals surface area contributed by atoms with Crippen molar-refractivity contribution in [3.63, 3.8) is 0 Å². The molecule has 0 radical (unpaired) electrons. The monoisotopic (exact) mass is 311 g/mol. The van der Waals surface area contributed by atoms with Gasteiger partial charge in [-0.15, -0.1) is 0 Å². The SMILES string of the molecule is Cc1cc(CNc2cnn(CCO)c2)c(OC(F)F)cc1C. The molecule has 120 valence electrons. The van der Waals surface area contributed by atoms with E-state index in [9.17, 15) is 8.78 Å². The Morgan fingerprint density at radius 3 is 2.73 bits per heavy atom. The van der Waals surface area contributed by atoms with E-state index < -0.39 is 6.61 Å². The molecule has 0 aliphatic rings. The number of nitrogens with zero attached hydrogens (tertiary/aromatic N) is 2. The molecule has 0 aliphatic carbocycles. The Morgan fingerprint density at radius 2 is 2.05 bits per heavy atom. The minimum Gasteiger partial charge on any atom is -0.434 e. The lowest BCUT2D eigenvalue weighted by atomic mass is 10.0. The fraction of sp³-hybridized carbons (Fsp3) is 0.400. The molecule has 0 aliphatic heterocycles. The number of hydrogen-bond donors (Lipinski definition) is 2. The number of aryl methyl sites for hydroxylation is 2. The summed E-state index contributed by atoms with van der Waals surface area (Å²) < 4.78 is 31.2. The Kier molecular flexibility index (Phi) is 5.32. The lowest BCUT2D eigenvalue weighted by molar-refractivity contribution is -0.0504. The standard InChI is InChI=1S/C15H19F2N3O2/c1-10-5-12(14(6-11(10)2)22-15(16)17)7-18-13-8-19-20(9-13)3-4-21/h5-6,8-9,15,18,21H,3-4,7H2,1-2H3. The second-order valence-corrected chi connectivity index (χ2v) is 4.99. The topological polar surface area (TPSA) is 59.3 Å². The Hall–Kier alpha value is -2.15. The summed E-state index contributed by atoms with van der Waals surface area (Å²) in [5, 5.41) is 16.0. The summed E-state index contributed by atoms with van der Waals surface area (Å²) in [5.74, 6) is 0.174. The number of nitrogens with one attached hydrogen (secondary N) is 1. The van der Waals surface area contributed by atoms with Crippen LogP contribution in [0.15, 0.2) is 24.5 Å². The van der Waals surface area contributed by atoms with Crippen LogP contribution in [0.2, 0.25) is 0 Å². The first-order valence-corrected chi connectivity index (χ1v) is 6.91. The number of ether oxygens (including phenoxy) is 1. The second kappa shape index (κ2) is 7.22. The van der Waals surface area contributed by atoms with Gasteiger partial charge in [0.2, 0.25) is 0 Å². The predicted octanol–water partition coefficient (Wildman–Crippen LogP) is 2.71. The number of alkyl halides is 2. The van der Waals surface area contributed by atoms with E-state index in [2.05, 4.69) is 15.2 Å². The van der Waals surface area contributed by atoms with E-state index in [1.165, 1.54) is 0 Å². The Bertz CT molecular complexity index is 629. The predicted molar refractivity (Wildman–Crippen MR) is 79.2 cm³/mol. The van der Waals surface area contributed by atoms with Crippen molar-refractivity contribution < 1.29 is 18.6 Å². The van der Waals surface area contributed by atoms with E-state index in [-0.39, 0.29) is 12.4 Å². The van der Waals surface area contributed by atoms with Crippen molar-refractivity contribution >= 4 is 5.69 Å². The normalized spacial score (nSPS) is 11.0. The minimum atomic E-state index is -2.85. The molecule has 0 spiro atoms. The minimum absolute atomic E-state index is 0.00462. The van der Waals surface area contributed by atoms with Crippen LogP contribution in [0.1, 0.15) is 16.7 Å². The molecule has 1 aromatic heterocycles. The molecule has 0 bridgehead atoms. The summed E-state index contributed by atoms with van der Waals surface area (Å²) in [4.78, 5) is 0. The van der Waals surface area contributed by atoms with E-state index >= 15 is 0 Å². The average molecular weight is 311 g/mol. The van der Waals surface area contributed by atoms with Crippen molar-refractivity contribution in [3.8, 4) is 5.75 Å². The van der Waals surface area contributed by atoms with E-state index in [1.54, 1.807) is 23.1 Å². The van der Waals surface area contributed by atoms with Gasteiger partial charge in [-0.3, -0.25) is 4.68 Å². The van der Waals surface area contributed by atoms with Crippen LogP contribution < -0.4 is 10.1 Å². The third-order valence-corrected chi connectivity index (χ3v) is 3.34. The molecule has 0 saturated heterocycles. The lowest BCUT2D eigenvalue weighted by Crippen LogP contribution is -2.08. The summed E-state index contributed by atoms with van der Waals surface area (Å²) in [6, 6.07) is 3.45. The fourth-order valence-corrected chi connectivity index (χ4v) is 2.07. The number of rotatable bonds is 7. The summed E-state index contributed by atoms with van der Waals surface area (Å²) in [6.07, 6.45) is 3.36. The van der Waals surface area contributed by atoms with Crippen LogP contribution >= 0.6 is 0 Å². The van der Waals surface area contributed by atoms with Gasteiger partial charge in [-0.1, -0.05) is 6.07 Å². The highest BCUT2D eigenvalue weighted by Crippen LogP contribution is 2.26. The zero-order valence-electron chi connectivity index (χ0n) is 12.5. The molecule has 2 aromatic rings. The highest BCUT2D eigenvalue weighted by Gasteiger charge is 2.12. The van der Waals surface area contributed by atoms with Crippen LogP contribution in [0.3, 0.4) is 0 Å². The van der Waals surface area contributed by atoms with E-state index in [4.69, 9.17) is 5.11 Å². The lowest BCUT2D eigenvalue weighted by Gasteiger charge is -2.14. The van der Waals surface area contributed by atoms with Crippen molar-refractivity contribution in [1.29, 1.82) is 0 Å². The van der Waals surface area contributed by atoms with Crippen LogP contribution in [0.25, 0.3) is 0 Å². The van der Waals surface area contributed by atoms with Gasteiger partial charge >= 0.3 is 6.61 Å². The van der Waals surface area contributed by atoms with Crippen molar-refractivity contribution in [3.05, 3.63) is 41.2 Å². The number of aliphatic hydroxyl groups excluding tert-OH is 1. The van der Waals surface area contributed by atoms with Crippen molar-refractivity contribution in [2.24, 2.45) is 0 Å². The van der Waals surface area contributed by atoms with E-state index in [0.29, 0.717) is 18.7 Å². The van der Waals surface area contributed by atoms with Gasteiger partial charge in [-0.25, -0.2) is 0 Å². The summed E-state index contributed by atoms with van der Waals surface area (Å²) in [5.41, 5.74) is 3.30. The summed E-state index contributed by atoms with van der Waals surface area (Å²) in [6.45, 7) is 1.67. The largest absolute Gasteiger partial charge is 0.434 e. The third-order valence-electron chi connectivity index (χ3n) is 3.34. The van der Waals surface area contributed by atoms with E-state index in [1.807, 2.05) is 19.9 Å². The van der Waals surface area contributed by atoms with Crippen molar-refractivity contribution in [1.82, 2.24) is 9.78 Å². The van der Waals surface area contributed by atoms with Gasteiger partial charge in [-0.2, -0.15) is 13.9 Å². The highest BCUT2D eigenvalue weighted by atomic mass is 19.3. The number of anilines is 1. The molecule has 2 N–H and O–H groups in total. The van der Waals surface area contributed by atoms with Crippen LogP contribution in [-0.2, 0) is 13.1 Å². The molecule has 1 heterocycles. The Morgan fingerprint density at radius 1 is 1.32 bits per heavy atom. The van der Waals surface area contributed by atoms with Crippen LogP contribution in [0.5, 0.6) is 5.75 Å². The molecular formula is C15H19F2N3O2. The first-order valence-electron chi connectivity index (χ1n) is 6.91. The maximum absolute atomic E-state index is 12.5. The summed E-state index contributed by atoms with van der Waals surface area (Å²) >= 11 is 0. The van der Waals surface area contributed by atoms with Crippen molar-refractivity contribution in [2.75, 3.05) is 11.9 Å². The Labute approximate surface area is 127 Å². The molecule has 1 aromatic carbocycles. The third kappa shape index (κ3) is 4.17. The fourth-order valence-electron chi connectivity index (χ4n) is 2.07. The average Bonchev–Trinajstić information content (AvgIpc) is 2.89. The number of benzene rings is 1. The van der Waals surface area contributed by atoms with Gasteiger partial charge in [0.15, 0.2) is 0 Å². The number of halogens is 2. The second-order valence-electron chi connectivity index (χ2n) is 4.99. The summed E-state index contributed by atoms with van der Waals surface area (Å²) in [7, 11) is 0. The molecule has 5 nitrogen and oxygen atoms in total. The molecule has 22 heavy (non-hydrogen) atoms. The van der Waals surface area contributed by atoms with Gasteiger partial charge in [0.1, 0.15) is 5.75 Å². The molecule has 7 heteroatoms. The Balaban J connectivity index is 2.11. The van der Waals surface area contributed by atoms with Crippen LogP contribution in [0.4, 0.5) is 14.5 Å². The first-order chi connectivity index (χ1) is 10.5. The number of aromatic nitrogens is 2. The molecule has 2 rings (SSSR count). The van der Waals surface area contributed by atoms with Crippen LogP contribution in [0, 0.1) is 13.8 Å². The molecule has 0 unspecified atom stereocenters. The van der Waals surface area contributed by atoms with Crippen LogP contribution in [-0.4, -0.2) is 28.1 Å². The quantitative estimate of drug-likeness (QED) is 0.825. The van der Waals surface area contributed by atoms with Crippen molar-refractivity contribution in [2.45, 2.75) is 33.5 Å².